The average molecular weight is 590 g/mol. The lowest BCUT2D eigenvalue weighted by Crippen LogP contribution is -2.56. The second-order valence-corrected chi connectivity index (χ2v) is 10.9. The summed E-state index contributed by atoms with van der Waals surface area (Å²) in [5.74, 6) is -2.09. The van der Waals surface area contributed by atoms with Crippen LogP contribution in [-0.4, -0.2) is 63.4 Å². The highest BCUT2D eigenvalue weighted by atomic mass is 19.1. The molecule has 3 atom stereocenters. The van der Waals surface area contributed by atoms with E-state index in [1.807, 2.05) is 6.07 Å². The molecule has 0 saturated carbocycles. The molecular weight excluding hydrogens is 556 g/mol. The van der Waals surface area contributed by atoms with Gasteiger partial charge in [0, 0.05) is 37.3 Å². The minimum Gasteiger partial charge on any atom is -0.375 e. The van der Waals surface area contributed by atoms with Gasteiger partial charge in [-0.15, -0.1) is 0 Å². The standard InChI is InChI=1S/C30H33F2N9O2/c1-17(2)37-29(42)20-6-7-21(31)26(27(20)32)23-8-5-19-13-36-30(41(19)39-23)38-24-14-35-11-9-25(24)40-15-18(3)28(22(34)16-40)43-12-4-10-33/h5-9,11,13-14,17-18,22,28H,4,12,15-16,34H2,1-3H3,(H,36,38)(H,37,42). The second-order valence-electron chi connectivity index (χ2n) is 10.9. The highest BCUT2D eigenvalue weighted by Gasteiger charge is 2.34. The molecule has 3 unspecified atom stereocenters. The van der Waals surface area contributed by atoms with E-state index in [1.54, 1.807) is 38.5 Å². The Bertz CT molecular complexity index is 1660. The van der Waals surface area contributed by atoms with E-state index >= 15 is 4.39 Å². The molecule has 0 bridgehead atoms. The van der Waals surface area contributed by atoms with Gasteiger partial charge >= 0.3 is 0 Å². The van der Waals surface area contributed by atoms with Crippen LogP contribution in [0, 0.1) is 28.9 Å². The molecular formula is C30H33F2N9O2. The number of ether oxygens (including phenoxy) is 1. The van der Waals surface area contributed by atoms with Gasteiger partial charge < -0.3 is 26.0 Å². The molecule has 11 nitrogen and oxygen atoms in total. The fourth-order valence-corrected chi connectivity index (χ4v) is 5.32. The maximum atomic E-state index is 15.5. The third-order valence-electron chi connectivity index (χ3n) is 7.23. The van der Waals surface area contributed by atoms with Gasteiger partial charge in [-0.3, -0.25) is 9.78 Å². The van der Waals surface area contributed by atoms with Crippen molar-refractivity contribution in [1.82, 2.24) is 24.9 Å². The van der Waals surface area contributed by atoms with Gasteiger partial charge in [0.05, 0.1) is 71.3 Å². The zero-order valence-corrected chi connectivity index (χ0v) is 24.1. The summed E-state index contributed by atoms with van der Waals surface area (Å²) in [6, 6.07) is 8.75. The Morgan fingerprint density at radius 1 is 1.21 bits per heavy atom. The number of nitrogens with two attached hydrogens (primary N) is 1. The van der Waals surface area contributed by atoms with Crippen LogP contribution in [0.1, 0.15) is 37.6 Å². The number of fused-ring (bicyclic) bond motifs is 1. The first-order valence-corrected chi connectivity index (χ1v) is 14.0. The number of amides is 1. The molecule has 4 aromatic rings. The highest BCUT2D eigenvalue weighted by molar-refractivity contribution is 5.96. The van der Waals surface area contributed by atoms with Crippen LogP contribution in [0.4, 0.5) is 26.1 Å². The van der Waals surface area contributed by atoms with Crippen LogP contribution in [0.5, 0.6) is 0 Å². The van der Waals surface area contributed by atoms with E-state index in [1.165, 1.54) is 10.6 Å². The molecule has 1 aliphatic rings. The van der Waals surface area contributed by atoms with Crippen molar-refractivity contribution < 1.29 is 18.3 Å². The molecule has 0 radical (unpaired) electrons. The lowest BCUT2D eigenvalue weighted by molar-refractivity contribution is -0.00331. The highest BCUT2D eigenvalue weighted by Crippen LogP contribution is 2.33. The van der Waals surface area contributed by atoms with E-state index in [4.69, 9.17) is 15.7 Å². The van der Waals surface area contributed by atoms with Gasteiger partial charge in [0.1, 0.15) is 11.6 Å². The number of carbonyl (C=O) groups is 1. The van der Waals surface area contributed by atoms with Crippen LogP contribution in [-0.2, 0) is 4.74 Å². The van der Waals surface area contributed by atoms with Crippen molar-refractivity contribution in [3.63, 3.8) is 0 Å². The lowest BCUT2D eigenvalue weighted by atomic mass is 9.92. The molecule has 0 spiro atoms. The molecule has 1 aromatic carbocycles. The van der Waals surface area contributed by atoms with Crippen molar-refractivity contribution in [2.24, 2.45) is 11.7 Å². The third kappa shape index (κ3) is 6.25. The monoisotopic (exact) mass is 589 g/mol. The number of nitriles is 1. The van der Waals surface area contributed by atoms with Crippen molar-refractivity contribution in [1.29, 1.82) is 5.26 Å². The number of imidazole rings is 1. The third-order valence-corrected chi connectivity index (χ3v) is 7.23. The summed E-state index contributed by atoms with van der Waals surface area (Å²) in [5, 5.41) is 19.2. The number of anilines is 3. The summed E-state index contributed by atoms with van der Waals surface area (Å²) in [4.78, 5) is 23.4. The molecule has 4 N–H and O–H groups in total. The molecule has 3 aromatic heterocycles. The summed E-state index contributed by atoms with van der Waals surface area (Å²) >= 11 is 0. The minimum atomic E-state index is -1.00. The van der Waals surface area contributed by atoms with E-state index < -0.39 is 23.1 Å². The van der Waals surface area contributed by atoms with Crippen LogP contribution >= 0.6 is 0 Å². The SMILES string of the molecule is CC(C)NC(=O)c1ccc(F)c(-c2ccc3cnc(Nc4cnccc4N4CC(C)C(OCCC#N)C(N)C4)n3n2)c1F. The predicted octanol–water partition coefficient (Wildman–Crippen LogP) is 4.03. The normalized spacial score (nSPS) is 18.6. The molecule has 1 amide bonds. The number of benzene rings is 1. The van der Waals surface area contributed by atoms with E-state index in [9.17, 15) is 9.18 Å². The summed E-state index contributed by atoms with van der Waals surface area (Å²) in [6.45, 7) is 7.08. The number of pyridine rings is 1. The smallest absolute Gasteiger partial charge is 0.254 e. The summed E-state index contributed by atoms with van der Waals surface area (Å²) < 4.78 is 37.8. The number of hydrogen-bond donors (Lipinski definition) is 3. The van der Waals surface area contributed by atoms with Gasteiger partial charge in [0.2, 0.25) is 5.95 Å². The number of nitrogens with one attached hydrogen (secondary N) is 2. The Morgan fingerprint density at radius 2 is 2.02 bits per heavy atom. The van der Waals surface area contributed by atoms with Crippen LogP contribution in [0.3, 0.4) is 0 Å². The summed E-state index contributed by atoms with van der Waals surface area (Å²) in [5.41, 5.74) is 7.84. The van der Waals surface area contributed by atoms with Gasteiger partial charge in [-0.25, -0.2) is 13.8 Å². The average Bonchev–Trinajstić information content (AvgIpc) is 3.36. The molecule has 1 aliphatic heterocycles. The molecule has 4 heterocycles. The number of aromatic nitrogens is 4. The van der Waals surface area contributed by atoms with E-state index in [0.29, 0.717) is 43.3 Å². The lowest BCUT2D eigenvalue weighted by Gasteiger charge is -2.42. The number of carbonyl (C=O) groups excluding carboxylic acids is 1. The van der Waals surface area contributed by atoms with Crippen LogP contribution in [0.15, 0.2) is 48.9 Å². The predicted molar refractivity (Wildman–Crippen MR) is 158 cm³/mol. The maximum Gasteiger partial charge on any atom is 0.254 e. The van der Waals surface area contributed by atoms with Crippen molar-refractivity contribution in [2.75, 3.05) is 29.9 Å². The van der Waals surface area contributed by atoms with Crippen molar-refractivity contribution in [3.05, 3.63) is 66.1 Å². The zero-order chi connectivity index (χ0) is 30.7. The van der Waals surface area contributed by atoms with Crippen LogP contribution in [0.25, 0.3) is 16.8 Å². The molecule has 13 heteroatoms. The molecule has 5 rings (SSSR count). The van der Waals surface area contributed by atoms with E-state index in [-0.39, 0.29) is 35.4 Å². The van der Waals surface area contributed by atoms with E-state index in [0.717, 1.165) is 17.8 Å². The quantitative estimate of drug-likeness (QED) is 0.246. The minimum absolute atomic E-state index is 0.00701. The Labute approximate surface area is 247 Å². The number of hydrogen-bond acceptors (Lipinski definition) is 9. The second kappa shape index (κ2) is 12.7. The first-order chi connectivity index (χ1) is 20.7. The van der Waals surface area contributed by atoms with Crippen LogP contribution < -0.4 is 21.3 Å². The topological polar surface area (TPSA) is 146 Å². The maximum absolute atomic E-state index is 15.5. The summed E-state index contributed by atoms with van der Waals surface area (Å²) in [6.07, 6.45) is 5.06. The Kier molecular flexibility index (Phi) is 8.79. The fraction of sp³-hybridized carbons (Fsp3) is 0.367. The Hall–Kier alpha value is -4.67. The molecule has 0 aliphatic carbocycles. The fourth-order valence-electron chi connectivity index (χ4n) is 5.32. The molecule has 224 valence electrons. The first kappa shape index (κ1) is 29.8. The Balaban J connectivity index is 1.44. The number of halogens is 2. The molecule has 1 fully saturated rings. The van der Waals surface area contributed by atoms with Gasteiger partial charge in [-0.2, -0.15) is 14.9 Å². The largest absolute Gasteiger partial charge is 0.375 e. The van der Waals surface area contributed by atoms with Crippen molar-refractivity contribution >= 4 is 28.7 Å². The zero-order valence-electron chi connectivity index (χ0n) is 24.1. The van der Waals surface area contributed by atoms with Crippen LogP contribution in [0.2, 0.25) is 0 Å². The summed E-state index contributed by atoms with van der Waals surface area (Å²) in [7, 11) is 0. The van der Waals surface area contributed by atoms with Crippen molar-refractivity contribution in [2.45, 2.75) is 45.4 Å². The first-order valence-electron chi connectivity index (χ1n) is 14.0. The van der Waals surface area contributed by atoms with Gasteiger partial charge in [-0.05, 0) is 44.2 Å². The van der Waals surface area contributed by atoms with Gasteiger partial charge in [0.25, 0.3) is 5.91 Å². The molecule has 1 saturated heterocycles. The number of rotatable bonds is 9. The van der Waals surface area contributed by atoms with Gasteiger partial charge in [0.15, 0.2) is 0 Å². The van der Waals surface area contributed by atoms with Crippen molar-refractivity contribution in [3.8, 4) is 17.3 Å². The van der Waals surface area contributed by atoms with E-state index in [2.05, 4.69) is 43.6 Å². The molecule has 43 heavy (non-hydrogen) atoms. The number of piperidine rings is 1. The van der Waals surface area contributed by atoms with Gasteiger partial charge in [-0.1, -0.05) is 6.92 Å². The Morgan fingerprint density at radius 3 is 2.77 bits per heavy atom. The number of nitrogens with zero attached hydrogens (tertiary/aromatic N) is 6.